The molecular formula is C11H13N3O3. The van der Waals surface area contributed by atoms with E-state index in [1.807, 2.05) is 6.92 Å². The molecule has 0 fully saturated rings. The van der Waals surface area contributed by atoms with Gasteiger partial charge in [0.15, 0.2) is 5.65 Å². The van der Waals surface area contributed by atoms with E-state index < -0.39 is 5.97 Å². The van der Waals surface area contributed by atoms with Gasteiger partial charge in [0, 0.05) is 12.4 Å². The van der Waals surface area contributed by atoms with Crippen LogP contribution in [0, 0.1) is 0 Å². The number of carbonyl (C=O) groups is 1. The average molecular weight is 235 g/mol. The normalized spacial score (nSPS) is 10.5. The summed E-state index contributed by atoms with van der Waals surface area (Å²) in [5.74, 6) is 0.0243. The van der Waals surface area contributed by atoms with Crippen molar-refractivity contribution >= 4 is 17.0 Å². The van der Waals surface area contributed by atoms with Gasteiger partial charge in [-0.15, -0.1) is 0 Å². The zero-order chi connectivity index (χ0) is 12.3. The number of nitrogens with zero attached hydrogens (tertiary/aromatic N) is 2. The van der Waals surface area contributed by atoms with E-state index in [0.717, 1.165) is 0 Å². The highest BCUT2D eigenvalue weighted by Gasteiger charge is 2.18. The minimum atomic E-state index is -0.438. The number of aromatic amines is 1. The van der Waals surface area contributed by atoms with Gasteiger partial charge >= 0.3 is 5.97 Å². The Morgan fingerprint density at radius 1 is 1.41 bits per heavy atom. The standard InChI is InChI=1S/C11H13N3O3/c1-3-16-9-7-6-13-14-10(7)12-5-8(9)11(15)17-4-2/h5-6H,3-4H2,1-2H3,(H,12,13,14). The van der Waals surface area contributed by atoms with Crippen molar-refractivity contribution in [2.45, 2.75) is 13.8 Å². The maximum Gasteiger partial charge on any atom is 0.343 e. The summed E-state index contributed by atoms with van der Waals surface area (Å²) in [6.07, 6.45) is 3.07. The lowest BCUT2D eigenvalue weighted by molar-refractivity contribution is 0.0522. The highest BCUT2D eigenvalue weighted by atomic mass is 16.5. The van der Waals surface area contributed by atoms with E-state index in [1.54, 1.807) is 13.1 Å². The van der Waals surface area contributed by atoms with Crippen LogP contribution in [0.15, 0.2) is 12.4 Å². The Kier molecular flexibility index (Phi) is 3.22. The summed E-state index contributed by atoms with van der Waals surface area (Å²) in [6.45, 7) is 4.37. The number of hydrogen-bond donors (Lipinski definition) is 1. The van der Waals surface area contributed by atoms with Crippen LogP contribution in [0.25, 0.3) is 11.0 Å². The number of esters is 1. The maximum atomic E-state index is 11.7. The quantitative estimate of drug-likeness (QED) is 0.813. The molecule has 0 aromatic carbocycles. The van der Waals surface area contributed by atoms with Crippen LogP contribution in [-0.2, 0) is 4.74 Å². The van der Waals surface area contributed by atoms with Crippen LogP contribution >= 0.6 is 0 Å². The Morgan fingerprint density at radius 3 is 2.94 bits per heavy atom. The monoisotopic (exact) mass is 235 g/mol. The van der Waals surface area contributed by atoms with Gasteiger partial charge in [0.25, 0.3) is 0 Å². The first-order valence-corrected chi connectivity index (χ1v) is 5.40. The molecule has 0 saturated heterocycles. The summed E-state index contributed by atoms with van der Waals surface area (Å²) in [6, 6.07) is 0. The highest BCUT2D eigenvalue weighted by Crippen LogP contribution is 2.27. The molecule has 2 aromatic rings. The molecule has 0 radical (unpaired) electrons. The molecule has 17 heavy (non-hydrogen) atoms. The number of H-pyrrole nitrogens is 1. The summed E-state index contributed by atoms with van der Waals surface area (Å²) in [5.41, 5.74) is 0.837. The van der Waals surface area contributed by atoms with Crippen molar-refractivity contribution in [2.24, 2.45) is 0 Å². The molecule has 0 saturated carbocycles. The minimum absolute atomic E-state index is 0.313. The molecule has 0 spiro atoms. The van der Waals surface area contributed by atoms with E-state index in [0.29, 0.717) is 35.6 Å². The first kappa shape index (κ1) is 11.4. The molecule has 0 atom stereocenters. The van der Waals surface area contributed by atoms with Gasteiger partial charge in [-0.1, -0.05) is 0 Å². The zero-order valence-electron chi connectivity index (χ0n) is 9.69. The van der Waals surface area contributed by atoms with E-state index in [2.05, 4.69) is 15.2 Å². The molecule has 0 aliphatic rings. The third kappa shape index (κ3) is 2.06. The van der Waals surface area contributed by atoms with Gasteiger partial charge in [0.05, 0.1) is 18.6 Å². The van der Waals surface area contributed by atoms with Crippen molar-refractivity contribution in [3.05, 3.63) is 18.0 Å². The largest absolute Gasteiger partial charge is 0.492 e. The Hall–Kier alpha value is -2.11. The fourth-order valence-corrected chi connectivity index (χ4v) is 1.53. The fraction of sp³-hybridized carbons (Fsp3) is 0.364. The molecule has 0 aliphatic heterocycles. The fourth-order valence-electron chi connectivity index (χ4n) is 1.53. The van der Waals surface area contributed by atoms with Crippen LogP contribution in [0.3, 0.4) is 0 Å². The first-order chi connectivity index (χ1) is 8.27. The van der Waals surface area contributed by atoms with Crippen molar-refractivity contribution in [1.29, 1.82) is 0 Å². The van der Waals surface area contributed by atoms with Gasteiger partial charge in [-0.05, 0) is 13.8 Å². The number of nitrogens with one attached hydrogen (secondary N) is 1. The lowest BCUT2D eigenvalue weighted by atomic mass is 10.2. The number of aromatic nitrogens is 3. The Bertz CT molecular complexity index is 536. The molecule has 1 N–H and O–H groups in total. The Balaban J connectivity index is 2.53. The Morgan fingerprint density at radius 2 is 2.24 bits per heavy atom. The van der Waals surface area contributed by atoms with Gasteiger partial charge < -0.3 is 9.47 Å². The number of hydrogen-bond acceptors (Lipinski definition) is 5. The van der Waals surface area contributed by atoms with Crippen LogP contribution in [0.2, 0.25) is 0 Å². The molecule has 2 heterocycles. The molecule has 6 heteroatoms. The van der Waals surface area contributed by atoms with Crippen molar-refractivity contribution in [3.63, 3.8) is 0 Å². The summed E-state index contributed by atoms with van der Waals surface area (Å²) in [5, 5.41) is 7.31. The molecule has 6 nitrogen and oxygen atoms in total. The molecule has 0 unspecified atom stereocenters. The van der Waals surface area contributed by atoms with E-state index >= 15 is 0 Å². The number of ether oxygens (including phenoxy) is 2. The second-order valence-electron chi connectivity index (χ2n) is 3.28. The smallest absolute Gasteiger partial charge is 0.343 e. The van der Waals surface area contributed by atoms with Gasteiger partial charge in [0.1, 0.15) is 11.3 Å². The summed E-state index contributed by atoms with van der Waals surface area (Å²) in [7, 11) is 0. The van der Waals surface area contributed by atoms with Gasteiger partial charge in [-0.25, -0.2) is 9.78 Å². The first-order valence-electron chi connectivity index (χ1n) is 5.40. The summed E-state index contributed by atoms with van der Waals surface area (Å²) in [4.78, 5) is 15.8. The number of fused-ring (bicyclic) bond motifs is 1. The Labute approximate surface area is 97.9 Å². The minimum Gasteiger partial charge on any atom is -0.492 e. The third-order valence-corrected chi connectivity index (χ3v) is 2.21. The van der Waals surface area contributed by atoms with Gasteiger partial charge in [-0.3, -0.25) is 5.10 Å². The van der Waals surface area contributed by atoms with E-state index in [4.69, 9.17) is 9.47 Å². The summed E-state index contributed by atoms with van der Waals surface area (Å²) < 4.78 is 10.4. The van der Waals surface area contributed by atoms with Crippen molar-refractivity contribution in [1.82, 2.24) is 15.2 Å². The van der Waals surface area contributed by atoms with Crippen molar-refractivity contribution in [2.75, 3.05) is 13.2 Å². The molecular weight excluding hydrogens is 222 g/mol. The molecule has 0 bridgehead atoms. The molecule has 2 aromatic heterocycles. The van der Waals surface area contributed by atoms with Crippen molar-refractivity contribution in [3.8, 4) is 5.75 Å². The highest BCUT2D eigenvalue weighted by molar-refractivity contribution is 5.98. The van der Waals surface area contributed by atoms with Gasteiger partial charge in [-0.2, -0.15) is 5.10 Å². The summed E-state index contributed by atoms with van der Waals surface area (Å²) >= 11 is 0. The van der Waals surface area contributed by atoms with Crippen molar-refractivity contribution < 1.29 is 14.3 Å². The van der Waals surface area contributed by atoms with Crippen LogP contribution in [0.4, 0.5) is 0 Å². The number of carbonyl (C=O) groups excluding carboxylic acids is 1. The molecule has 2 rings (SSSR count). The second-order valence-corrected chi connectivity index (χ2v) is 3.28. The topological polar surface area (TPSA) is 77.1 Å². The predicted octanol–water partition coefficient (Wildman–Crippen LogP) is 1.53. The third-order valence-electron chi connectivity index (χ3n) is 2.21. The van der Waals surface area contributed by atoms with Crippen LogP contribution < -0.4 is 4.74 Å². The molecule has 90 valence electrons. The molecule has 0 amide bonds. The zero-order valence-corrected chi connectivity index (χ0v) is 9.69. The van der Waals surface area contributed by atoms with E-state index in [9.17, 15) is 4.79 Å². The lowest BCUT2D eigenvalue weighted by Crippen LogP contribution is -2.08. The second kappa shape index (κ2) is 4.82. The van der Waals surface area contributed by atoms with E-state index in [-0.39, 0.29) is 0 Å². The van der Waals surface area contributed by atoms with Crippen LogP contribution in [0.5, 0.6) is 5.75 Å². The van der Waals surface area contributed by atoms with Gasteiger partial charge in [0.2, 0.25) is 0 Å². The number of rotatable bonds is 4. The SMILES string of the molecule is CCOC(=O)c1cnc2n[nH]cc2c1OCC. The molecule has 0 aliphatic carbocycles. The van der Waals surface area contributed by atoms with E-state index in [1.165, 1.54) is 6.20 Å². The van der Waals surface area contributed by atoms with Crippen LogP contribution in [-0.4, -0.2) is 34.4 Å². The maximum absolute atomic E-state index is 11.7. The van der Waals surface area contributed by atoms with Crippen LogP contribution in [0.1, 0.15) is 24.2 Å². The lowest BCUT2D eigenvalue weighted by Gasteiger charge is -2.09. The average Bonchev–Trinajstić information content (AvgIpc) is 2.78. The number of pyridine rings is 1. The predicted molar refractivity (Wildman–Crippen MR) is 61.0 cm³/mol.